The molecule has 0 heterocycles. The molecule has 0 amide bonds. The predicted octanol–water partition coefficient (Wildman–Crippen LogP) is 11.9. The van der Waals surface area contributed by atoms with Gasteiger partial charge in [-0.25, -0.2) is 0 Å². The third-order valence-electron chi connectivity index (χ3n) is 8.83. The zero-order chi connectivity index (χ0) is 30.0. The van der Waals surface area contributed by atoms with Crippen LogP contribution in [0.1, 0.15) is 175 Å². The Kier molecular flexibility index (Phi) is 25.3. The number of nitrogens with zero attached hydrogens (tertiary/aromatic N) is 1. The molecule has 0 saturated carbocycles. The molecule has 0 fully saturated rings. The molecule has 0 aliphatic rings. The Labute approximate surface area is 253 Å². The molecule has 0 aromatic heterocycles. The Morgan fingerprint density at radius 3 is 1.38 bits per heavy atom. The van der Waals surface area contributed by atoms with Gasteiger partial charge in [0.2, 0.25) is 0 Å². The number of hydrogen-bond acceptors (Lipinski definition) is 1. The summed E-state index contributed by atoms with van der Waals surface area (Å²) >= 11 is 0. The molecule has 1 unspecified atom stereocenters. The molecule has 2 N–H and O–H groups in total. The quantitative estimate of drug-likeness (QED) is 0.0935. The fourth-order valence-corrected chi connectivity index (χ4v) is 5.49. The molecule has 2 heteroatoms. The first kappa shape index (κ1) is 39.1. The van der Waals surface area contributed by atoms with E-state index in [1.165, 1.54) is 147 Å². The number of nitrogens with two attached hydrogens (primary N) is 1. The maximum absolute atomic E-state index is 5.99. The van der Waals surface area contributed by atoms with Crippen molar-refractivity contribution < 1.29 is 4.48 Å². The van der Waals surface area contributed by atoms with Gasteiger partial charge in [-0.2, -0.15) is 0 Å². The van der Waals surface area contributed by atoms with E-state index in [2.05, 4.69) is 79.0 Å². The third kappa shape index (κ3) is 26.1. The Morgan fingerprint density at radius 1 is 0.600 bits per heavy atom. The molecule has 1 aromatic rings. The second-order valence-electron chi connectivity index (χ2n) is 14.2. The lowest BCUT2D eigenvalue weighted by atomic mass is 9.86. The first-order valence-electron chi connectivity index (χ1n) is 17.8. The molecule has 0 aliphatic heterocycles. The van der Waals surface area contributed by atoms with E-state index in [-0.39, 0.29) is 5.54 Å². The summed E-state index contributed by atoms with van der Waals surface area (Å²) in [6.07, 6.45) is 29.8. The van der Waals surface area contributed by atoms with Gasteiger partial charge in [-0.3, -0.25) is 0 Å². The predicted molar refractivity (Wildman–Crippen MR) is 183 cm³/mol. The van der Waals surface area contributed by atoms with Crippen LogP contribution in [0.5, 0.6) is 0 Å². The van der Waals surface area contributed by atoms with Crippen LogP contribution < -0.4 is 5.73 Å². The molecule has 1 aromatic carbocycles. The molecule has 0 radical (unpaired) electrons. The van der Waals surface area contributed by atoms with Crippen LogP contribution in [0.2, 0.25) is 0 Å². The summed E-state index contributed by atoms with van der Waals surface area (Å²) in [6.45, 7) is 13.5. The average molecular weight is 560 g/mol. The summed E-state index contributed by atoms with van der Waals surface area (Å²) in [5, 5.41) is 0. The fourth-order valence-electron chi connectivity index (χ4n) is 5.49. The van der Waals surface area contributed by atoms with Crippen molar-refractivity contribution in [2.24, 2.45) is 11.7 Å². The molecule has 0 aliphatic carbocycles. The molecule has 0 spiro atoms. The molecule has 236 valence electrons. The summed E-state index contributed by atoms with van der Waals surface area (Å²) in [5.41, 5.74) is 7.46. The van der Waals surface area contributed by atoms with Crippen molar-refractivity contribution in [3.8, 4) is 0 Å². The minimum absolute atomic E-state index is 0.00617. The number of unbranched alkanes of at least 4 members (excludes halogenated alkanes) is 18. The van der Waals surface area contributed by atoms with Gasteiger partial charge in [0, 0.05) is 11.1 Å². The number of rotatable bonds is 25. The standard InChI is InChI=1S/C27H50N.C11H25N/c1-4-5-6-7-8-9-10-11-12-13-14-15-16-17-18-22-25-28(2,3)26-27-23-20-19-21-24-27;1-5-6-7-8-9-10(2)11(3,4)12/h19-21,23-24H,4-18,22,25-26H2,1-3H3;10H,5-9,12H2,1-4H3/q+1;. The van der Waals surface area contributed by atoms with E-state index in [0.29, 0.717) is 5.92 Å². The Balaban J connectivity index is 0.00000106. The van der Waals surface area contributed by atoms with E-state index in [4.69, 9.17) is 5.73 Å². The summed E-state index contributed by atoms with van der Waals surface area (Å²) in [5.74, 6) is 0.648. The average Bonchev–Trinajstić information content (AvgIpc) is 2.91. The number of benzene rings is 1. The van der Waals surface area contributed by atoms with E-state index >= 15 is 0 Å². The van der Waals surface area contributed by atoms with E-state index in [1.54, 1.807) is 0 Å². The third-order valence-corrected chi connectivity index (χ3v) is 8.83. The van der Waals surface area contributed by atoms with E-state index in [1.807, 2.05) is 0 Å². The lowest BCUT2D eigenvalue weighted by Gasteiger charge is -2.30. The normalized spacial score (nSPS) is 12.7. The van der Waals surface area contributed by atoms with Crippen LogP contribution in [-0.4, -0.2) is 30.7 Å². The molecule has 2 nitrogen and oxygen atoms in total. The zero-order valence-corrected chi connectivity index (χ0v) is 28.8. The molecular formula is C38H75N2+. The Hall–Kier alpha value is -0.860. The smallest absolute Gasteiger partial charge is 0.104 e. The van der Waals surface area contributed by atoms with E-state index in [0.717, 1.165) is 11.0 Å². The summed E-state index contributed by atoms with van der Waals surface area (Å²) < 4.78 is 1.11. The summed E-state index contributed by atoms with van der Waals surface area (Å²) in [7, 11) is 4.75. The second-order valence-corrected chi connectivity index (χ2v) is 14.2. The lowest BCUT2D eigenvalue weighted by Crippen LogP contribution is -2.39. The molecule has 1 rings (SSSR count). The minimum atomic E-state index is 0.00617. The van der Waals surface area contributed by atoms with Gasteiger partial charge in [-0.15, -0.1) is 0 Å². The van der Waals surface area contributed by atoms with Crippen LogP contribution in [0.15, 0.2) is 30.3 Å². The van der Waals surface area contributed by atoms with Crippen molar-refractivity contribution in [3.63, 3.8) is 0 Å². The van der Waals surface area contributed by atoms with Crippen molar-refractivity contribution in [1.29, 1.82) is 0 Å². The van der Waals surface area contributed by atoms with Crippen LogP contribution in [-0.2, 0) is 6.54 Å². The number of quaternary nitrogens is 1. The van der Waals surface area contributed by atoms with Crippen molar-refractivity contribution in [1.82, 2.24) is 0 Å². The van der Waals surface area contributed by atoms with Gasteiger partial charge in [-0.05, 0) is 39.0 Å². The van der Waals surface area contributed by atoms with Crippen molar-refractivity contribution in [2.45, 2.75) is 182 Å². The second kappa shape index (κ2) is 25.8. The van der Waals surface area contributed by atoms with Crippen LogP contribution in [0.25, 0.3) is 0 Å². The van der Waals surface area contributed by atoms with Gasteiger partial charge in [0.15, 0.2) is 0 Å². The van der Waals surface area contributed by atoms with E-state index < -0.39 is 0 Å². The molecule has 0 saturated heterocycles. The van der Waals surface area contributed by atoms with Gasteiger partial charge < -0.3 is 10.2 Å². The molecule has 40 heavy (non-hydrogen) atoms. The van der Waals surface area contributed by atoms with Gasteiger partial charge in [-0.1, -0.05) is 167 Å². The SMILES string of the molecule is CCCCCCC(C)C(C)(C)N.CCCCCCCCCCCCCCCCCC[N+](C)(C)Cc1ccccc1. The highest BCUT2D eigenvalue weighted by molar-refractivity contribution is 5.13. The molecule has 1 atom stereocenters. The van der Waals surface area contributed by atoms with Crippen LogP contribution >= 0.6 is 0 Å². The highest BCUT2D eigenvalue weighted by Gasteiger charge is 2.19. The zero-order valence-electron chi connectivity index (χ0n) is 28.8. The maximum Gasteiger partial charge on any atom is 0.104 e. The minimum Gasteiger partial charge on any atom is -0.325 e. The highest BCUT2D eigenvalue weighted by atomic mass is 15.3. The first-order valence-corrected chi connectivity index (χ1v) is 17.8. The molecular weight excluding hydrogens is 484 g/mol. The van der Waals surface area contributed by atoms with Crippen molar-refractivity contribution in [2.75, 3.05) is 20.6 Å². The van der Waals surface area contributed by atoms with Gasteiger partial charge in [0.05, 0.1) is 20.6 Å². The fraction of sp³-hybridized carbons (Fsp3) is 0.842. The maximum atomic E-state index is 5.99. The summed E-state index contributed by atoms with van der Waals surface area (Å²) in [4.78, 5) is 0. The van der Waals surface area contributed by atoms with Crippen molar-refractivity contribution in [3.05, 3.63) is 35.9 Å². The van der Waals surface area contributed by atoms with Gasteiger partial charge in [0.1, 0.15) is 6.54 Å². The van der Waals surface area contributed by atoms with Crippen LogP contribution in [0.3, 0.4) is 0 Å². The topological polar surface area (TPSA) is 26.0 Å². The van der Waals surface area contributed by atoms with Crippen molar-refractivity contribution >= 4 is 0 Å². The largest absolute Gasteiger partial charge is 0.325 e. The van der Waals surface area contributed by atoms with E-state index in [9.17, 15) is 0 Å². The van der Waals surface area contributed by atoms with Gasteiger partial charge in [0.25, 0.3) is 0 Å². The number of hydrogen-bond donors (Lipinski definition) is 1. The Bertz CT molecular complexity index is 631. The lowest BCUT2D eigenvalue weighted by molar-refractivity contribution is -0.903. The van der Waals surface area contributed by atoms with Crippen LogP contribution in [0.4, 0.5) is 0 Å². The van der Waals surface area contributed by atoms with Crippen LogP contribution in [0, 0.1) is 5.92 Å². The Morgan fingerprint density at radius 2 is 0.975 bits per heavy atom. The highest BCUT2D eigenvalue weighted by Crippen LogP contribution is 2.20. The molecule has 0 bridgehead atoms. The monoisotopic (exact) mass is 560 g/mol. The first-order chi connectivity index (χ1) is 19.1. The van der Waals surface area contributed by atoms with Gasteiger partial charge >= 0.3 is 0 Å². The summed E-state index contributed by atoms with van der Waals surface area (Å²) in [6, 6.07) is 10.9.